The van der Waals surface area contributed by atoms with E-state index in [0.717, 1.165) is 38.5 Å². The summed E-state index contributed by atoms with van der Waals surface area (Å²) in [6.45, 7) is 11.7. The van der Waals surface area contributed by atoms with Crippen LogP contribution in [0.1, 0.15) is 72.1 Å². The molecule has 4 rings (SSSR count). The summed E-state index contributed by atoms with van der Waals surface area (Å²) < 4.78 is 0. The number of nitrogens with zero attached hydrogens (tertiary/aromatic N) is 1. The number of carbonyl (C=O) groups is 1. The Labute approximate surface area is 164 Å². The molecule has 2 unspecified atom stereocenters. The number of hydrogen-bond acceptors (Lipinski definition) is 4. The molecule has 4 aliphatic rings. The number of Topliss-reactive ketones (excluding diaryl/α,β-unsaturated/α-hetero) is 1. The van der Waals surface area contributed by atoms with E-state index in [4.69, 9.17) is 10.6 Å². The molecule has 0 radical (unpaired) electrons. The molecule has 0 heterocycles. The van der Waals surface area contributed by atoms with E-state index in [1.165, 1.54) is 24.1 Å². The van der Waals surface area contributed by atoms with Gasteiger partial charge in [-0.25, -0.2) is 0 Å². The molecule has 0 bridgehead atoms. The van der Waals surface area contributed by atoms with Gasteiger partial charge in [-0.1, -0.05) is 31.2 Å². The van der Waals surface area contributed by atoms with E-state index in [0.29, 0.717) is 41.5 Å². The smallest absolute Gasteiger partial charge is 0.139 e. The van der Waals surface area contributed by atoms with E-state index >= 15 is 0 Å². The highest BCUT2D eigenvalue weighted by molar-refractivity contribution is 5.87. The predicted molar refractivity (Wildman–Crippen MR) is 108 cm³/mol. The summed E-state index contributed by atoms with van der Waals surface area (Å²) in [5.41, 5.74) is 8.63. The molecule has 4 fully saturated rings. The second kappa shape index (κ2) is 6.72. The van der Waals surface area contributed by atoms with Crippen molar-refractivity contribution in [2.24, 2.45) is 45.4 Å². The van der Waals surface area contributed by atoms with Gasteiger partial charge in [0.1, 0.15) is 12.4 Å². The first-order valence-corrected chi connectivity index (χ1v) is 10.9. The first kappa shape index (κ1) is 19.2. The van der Waals surface area contributed by atoms with Crippen molar-refractivity contribution in [1.82, 2.24) is 0 Å². The van der Waals surface area contributed by atoms with Crippen molar-refractivity contribution in [2.75, 3.05) is 6.61 Å². The molecule has 4 heteroatoms. The van der Waals surface area contributed by atoms with Crippen LogP contribution in [0.2, 0.25) is 0 Å². The van der Waals surface area contributed by atoms with Gasteiger partial charge in [0.2, 0.25) is 0 Å². The summed E-state index contributed by atoms with van der Waals surface area (Å²) in [5.74, 6) is 2.87. The fraction of sp³-hybridized carbons (Fsp3) is 0.826. The normalized spacial score (nSPS) is 46.6. The fourth-order valence-corrected chi connectivity index (χ4v) is 7.03. The third kappa shape index (κ3) is 2.99. The van der Waals surface area contributed by atoms with Gasteiger partial charge in [-0.05, 0) is 81.0 Å². The Morgan fingerprint density at radius 2 is 2.00 bits per heavy atom. The zero-order valence-corrected chi connectivity index (χ0v) is 17.3. The molecule has 4 aliphatic carbocycles. The summed E-state index contributed by atoms with van der Waals surface area (Å²) in [5, 5.41) is 4.41. The van der Waals surface area contributed by atoms with E-state index < -0.39 is 0 Å². The van der Waals surface area contributed by atoms with Gasteiger partial charge >= 0.3 is 0 Å². The van der Waals surface area contributed by atoms with Crippen molar-refractivity contribution in [3.63, 3.8) is 0 Å². The van der Waals surface area contributed by atoms with Gasteiger partial charge < -0.3 is 10.6 Å². The number of ketones is 1. The topological polar surface area (TPSA) is 64.7 Å². The van der Waals surface area contributed by atoms with Crippen LogP contribution >= 0.6 is 0 Å². The summed E-state index contributed by atoms with van der Waals surface area (Å²) >= 11 is 0. The molecule has 0 amide bonds. The molecule has 0 aliphatic heterocycles. The zero-order chi connectivity index (χ0) is 19.4. The van der Waals surface area contributed by atoms with E-state index in [1.807, 2.05) is 6.92 Å². The Hall–Kier alpha value is -1.16. The number of rotatable bonds is 3. The average Bonchev–Trinajstić information content (AvgIpc) is 2.91. The second-order valence-electron chi connectivity index (χ2n) is 10.4. The molecule has 2 N–H and O–H groups in total. The monoisotopic (exact) mass is 372 g/mol. The fourth-order valence-electron chi connectivity index (χ4n) is 7.03. The molecule has 0 spiro atoms. The van der Waals surface area contributed by atoms with Gasteiger partial charge in [-0.2, -0.15) is 0 Å². The lowest BCUT2D eigenvalue weighted by Gasteiger charge is -2.60. The maximum absolute atomic E-state index is 12.6. The van der Waals surface area contributed by atoms with E-state index in [9.17, 15) is 4.79 Å². The second-order valence-corrected chi connectivity index (χ2v) is 10.4. The van der Waals surface area contributed by atoms with Crippen LogP contribution in [0.4, 0.5) is 0 Å². The van der Waals surface area contributed by atoms with Crippen LogP contribution < -0.4 is 5.73 Å². The average molecular weight is 373 g/mol. The quantitative estimate of drug-likeness (QED) is 0.586. The Kier molecular flexibility index (Phi) is 4.77. The van der Waals surface area contributed by atoms with Crippen molar-refractivity contribution < 1.29 is 9.63 Å². The van der Waals surface area contributed by atoms with Crippen molar-refractivity contribution in [2.45, 2.75) is 78.2 Å². The third-order valence-electron chi connectivity index (χ3n) is 8.70. The number of hydrogen-bond donors (Lipinski definition) is 1. The first-order valence-electron chi connectivity index (χ1n) is 10.9. The lowest BCUT2D eigenvalue weighted by molar-refractivity contribution is -0.133. The largest absolute Gasteiger partial charge is 0.394 e. The highest BCUT2D eigenvalue weighted by Crippen LogP contribution is 2.66. The first-order chi connectivity index (χ1) is 12.8. The van der Waals surface area contributed by atoms with Crippen LogP contribution in [0.15, 0.2) is 17.3 Å². The van der Waals surface area contributed by atoms with Crippen LogP contribution in [0.25, 0.3) is 0 Å². The maximum Gasteiger partial charge on any atom is 0.139 e. The Morgan fingerprint density at radius 1 is 1.22 bits per heavy atom. The summed E-state index contributed by atoms with van der Waals surface area (Å²) in [4.78, 5) is 18.1. The van der Waals surface area contributed by atoms with Gasteiger partial charge in [0, 0.05) is 17.9 Å². The summed E-state index contributed by atoms with van der Waals surface area (Å²) in [6, 6.07) is 0.0177. The number of oxime groups is 1. The molecule has 4 saturated carbocycles. The van der Waals surface area contributed by atoms with E-state index in [-0.39, 0.29) is 11.5 Å². The van der Waals surface area contributed by atoms with Crippen LogP contribution in [-0.4, -0.2) is 24.1 Å². The lowest BCUT2D eigenvalue weighted by atomic mass is 9.44. The molecule has 27 heavy (non-hydrogen) atoms. The molecule has 0 aromatic rings. The SMILES string of the molecule is C=C1CC2CC(=NOCC(C)N)CC[C@]2(C)[C@H]2CC[C@@]3(C)C(=O)CC[C@H]3[C@H]12. The van der Waals surface area contributed by atoms with Gasteiger partial charge in [0.25, 0.3) is 0 Å². The van der Waals surface area contributed by atoms with Gasteiger partial charge in [0.05, 0.1) is 5.71 Å². The van der Waals surface area contributed by atoms with Crippen molar-refractivity contribution in [3.8, 4) is 0 Å². The Morgan fingerprint density at radius 3 is 2.74 bits per heavy atom. The van der Waals surface area contributed by atoms with Gasteiger partial charge in [-0.3, -0.25) is 4.79 Å². The standard InChI is InChI=1S/C23H36N2O2/c1-14-11-16-12-17(25-27-13-15(2)24)7-9-22(16,3)19-8-10-23(4)18(21(14)19)5-6-20(23)26/h15-16,18-19,21H,1,5-13,24H2,2-4H3/t15?,16?,18-,19-,21-,22-,23+/m0/s1. The third-order valence-corrected chi connectivity index (χ3v) is 8.70. The molecular formula is C23H36N2O2. The maximum atomic E-state index is 12.6. The highest BCUT2D eigenvalue weighted by atomic mass is 16.6. The van der Waals surface area contributed by atoms with Crippen LogP contribution in [0, 0.1) is 34.5 Å². The molecule has 150 valence electrons. The molecule has 0 saturated heterocycles. The minimum absolute atomic E-state index is 0.0177. The predicted octanol–water partition coefficient (Wildman–Crippen LogP) is 4.48. The van der Waals surface area contributed by atoms with E-state index in [2.05, 4.69) is 25.6 Å². The molecule has 0 aromatic carbocycles. The Balaban J connectivity index is 1.54. The zero-order valence-electron chi connectivity index (χ0n) is 17.3. The lowest BCUT2D eigenvalue weighted by Crippen LogP contribution is -2.54. The van der Waals surface area contributed by atoms with Crippen molar-refractivity contribution >= 4 is 11.5 Å². The molecule has 4 nitrogen and oxygen atoms in total. The number of nitrogens with two attached hydrogens (primary N) is 1. The summed E-state index contributed by atoms with van der Waals surface area (Å²) in [6.07, 6.45) is 8.45. The van der Waals surface area contributed by atoms with Crippen LogP contribution in [0.5, 0.6) is 0 Å². The number of allylic oxidation sites excluding steroid dienone is 1. The number of carbonyl (C=O) groups excluding carboxylic acids is 1. The molecular weight excluding hydrogens is 336 g/mol. The van der Waals surface area contributed by atoms with Gasteiger partial charge in [-0.15, -0.1) is 0 Å². The molecule has 7 atom stereocenters. The van der Waals surface area contributed by atoms with E-state index in [1.54, 1.807) is 0 Å². The van der Waals surface area contributed by atoms with Crippen LogP contribution in [-0.2, 0) is 9.63 Å². The Bertz CT molecular complexity index is 669. The van der Waals surface area contributed by atoms with Crippen LogP contribution in [0.3, 0.4) is 0 Å². The number of fused-ring (bicyclic) bond motifs is 5. The minimum Gasteiger partial charge on any atom is -0.394 e. The minimum atomic E-state index is -0.0820. The molecule has 0 aromatic heterocycles. The van der Waals surface area contributed by atoms with Gasteiger partial charge in [0.15, 0.2) is 0 Å². The summed E-state index contributed by atoms with van der Waals surface area (Å²) in [7, 11) is 0. The van der Waals surface area contributed by atoms with Crippen molar-refractivity contribution in [3.05, 3.63) is 12.2 Å². The van der Waals surface area contributed by atoms with Crippen molar-refractivity contribution in [1.29, 1.82) is 0 Å². The highest BCUT2D eigenvalue weighted by Gasteiger charge is 2.61.